The molecular formula is C15H17ClN2. The number of halogens is 1. The summed E-state index contributed by atoms with van der Waals surface area (Å²) in [5.74, 6) is 0. The monoisotopic (exact) mass is 260 g/mol. The molecule has 1 heterocycles. The zero-order chi connectivity index (χ0) is 12.8. The Hall–Kier alpha value is -1.28. The third kappa shape index (κ3) is 1.76. The molecule has 2 nitrogen and oxygen atoms in total. The zero-order valence-electron chi connectivity index (χ0n) is 10.8. The lowest BCUT2D eigenvalue weighted by atomic mass is 9.79. The summed E-state index contributed by atoms with van der Waals surface area (Å²) in [6.07, 6.45) is 3.53. The van der Waals surface area contributed by atoms with Gasteiger partial charge in [-0.15, -0.1) is 0 Å². The van der Waals surface area contributed by atoms with Gasteiger partial charge in [-0.1, -0.05) is 37.6 Å². The summed E-state index contributed by atoms with van der Waals surface area (Å²) in [6, 6.07) is 8.09. The molecule has 2 aromatic rings. The third-order valence-electron chi connectivity index (χ3n) is 3.96. The van der Waals surface area contributed by atoms with Gasteiger partial charge in [-0.25, -0.2) is 0 Å². The molecule has 0 unspecified atom stereocenters. The molecule has 0 bridgehead atoms. The molecule has 0 saturated carbocycles. The molecule has 94 valence electrons. The summed E-state index contributed by atoms with van der Waals surface area (Å²) in [6.45, 7) is 4.45. The number of rotatable bonds is 2. The van der Waals surface area contributed by atoms with Crippen LogP contribution in [0.3, 0.4) is 0 Å². The van der Waals surface area contributed by atoms with Crippen LogP contribution in [-0.4, -0.2) is 10.2 Å². The molecule has 1 aromatic carbocycles. The van der Waals surface area contributed by atoms with Crippen molar-refractivity contribution in [1.82, 2.24) is 10.2 Å². The molecule has 0 atom stereocenters. The largest absolute Gasteiger partial charge is 0.282 e. The van der Waals surface area contributed by atoms with Crippen molar-refractivity contribution >= 4 is 11.6 Å². The Bertz CT molecular complexity index is 567. The smallest absolute Gasteiger partial charge is 0.0756 e. The van der Waals surface area contributed by atoms with Crippen LogP contribution < -0.4 is 0 Å². The number of hydrogen-bond acceptors (Lipinski definition) is 1. The van der Waals surface area contributed by atoms with Gasteiger partial charge in [0.1, 0.15) is 0 Å². The van der Waals surface area contributed by atoms with E-state index in [9.17, 15) is 0 Å². The number of H-pyrrole nitrogens is 1. The summed E-state index contributed by atoms with van der Waals surface area (Å²) >= 11 is 5.96. The average molecular weight is 261 g/mol. The fraction of sp³-hybridized carbons (Fsp3) is 0.400. The van der Waals surface area contributed by atoms with Crippen molar-refractivity contribution in [2.75, 3.05) is 0 Å². The summed E-state index contributed by atoms with van der Waals surface area (Å²) in [5, 5.41) is 8.53. The van der Waals surface area contributed by atoms with E-state index in [0.717, 1.165) is 17.9 Å². The second-order valence-electron chi connectivity index (χ2n) is 5.51. The third-order valence-corrected chi connectivity index (χ3v) is 4.22. The number of hydrogen-bond donors (Lipinski definition) is 1. The molecule has 3 rings (SSSR count). The van der Waals surface area contributed by atoms with Crippen molar-refractivity contribution in [3.8, 4) is 0 Å². The molecule has 1 aromatic heterocycles. The zero-order valence-corrected chi connectivity index (χ0v) is 11.5. The van der Waals surface area contributed by atoms with Crippen molar-refractivity contribution in [3.63, 3.8) is 0 Å². The van der Waals surface area contributed by atoms with Gasteiger partial charge in [-0.3, -0.25) is 5.10 Å². The minimum atomic E-state index is -0.0704. The lowest BCUT2D eigenvalue weighted by Gasteiger charge is -2.24. The van der Waals surface area contributed by atoms with Gasteiger partial charge in [0.2, 0.25) is 0 Å². The van der Waals surface area contributed by atoms with Gasteiger partial charge in [-0.2, -0.15) is 5.10 Å². The Morgan fingerprint density at radius 1 is 1.17 bits per heavy atom. The molecule has 0 radical (unpaired) electrons. The first-order valence-electron chi connectivity index (χ1n) is 6.41. The predicted molar refractivity (Wildman–Crippen MR) is 74.2 cm³/mol. The minimum absolute atomic E-state index is 0.0704. The van der Waals surface area contributed by atoms with Crippen molar-refractivity contribution < 1.29 is 0 Å². The van der Waals surface area contributed by atoms with Gasteiger partial charge in [0, 0.05) is 16.1 Å². The number of aromatic amines is 1. The van der Waals surface area contributed by atoms with Gasteiger partial charge in [0.25, 0.3) is 0 Å². The predicted octanol–water partition coefficient (Wildman–Crippen LogP) is 3.88. The minimum Gasteiger partial charge on any atom is -0.282 e. The molecule has 0 amide bonds. The van der Waals surface area contributed by atoms with Crippen LogP contribution in [0.5, 0.6) is 0 Å². The average Bonchev–Trinajstić information content (AvgIpc) is 2.90. The molecule has 1 aliphatic carbocycles. The standard InChI is InChI=1S/C15H17ClN2/c1-15(2,10-6-8-11(16)9-7-10)14-12-4-3-5-13(12)17-18-14/h6-9H,3-5H2,1-2H3,(H,17,18). The van der Waals surface area contributed by atoms with Crippen LogP contribution in [0.2, 0.25) is 5.02 Å². The molecule has 0 aliphatic heterocycles. The molecule has 0 saturated heterocycles. The number of aryl methyl sites for hydroxylation is 1. The highest BCUT2D eigenvalue weighted by atomic mass is 35.5. The second kappa shape index (κ2) is 4.13. The molecular weight excluding hydrogens is 244 g/mol. The van der Waals surface area contributed by atoms with Crippen LogP contribution >= 0.6 is 11.6 Å². The molecule has 1 N–H and O–H groups in total. The highest BCUT2D eigenvalue weighted by Gasteiger charge is 2.31. The normalized spacial score (nSPS) is 14.8. The maximum Gasteiger partial charge on any atom is 0.0756 e. The van der Waals surface area contributed by atoms with Gasteiger partial charge in [0.15, 0.2) is 0 Å². The maximum absolute atomic E-state index is 5.96. The van der Waals surface area contributed by atoms with E-state index in [4.69, 9.17) is 11.6 Å². The van der Waals surface area contributed by atoms with E-state index >= 15 is 0 Å². The van der Waals surface area contributed by atoms with E-state index < -0.39 is 0 Å². The number of fused-ring (bicyclic) bond motifs is 1. The first-order valence-corrected chi connectivity index (χ1v) is 6.79. The Morgan fingerprint density at radius 3 is 2.61 bits per heavy atom. The fourth-order valence-corrected chi connectivity index (χ4v) is 2.97. The van der Waals surface area contributed by atoms with Gasteiger partial charge in [0.05, 0.1) is 5.69 Å². The first kappa shape index (κ1) is 11.8. The van der Waals surface area contributed by atoms with Crippen molar-refractivity contribution in [2.24, 2.45) is 0 Å². The van der Waals surface area contributed by atoms with Gasteiger partial charge >= 0.3 is 0 Å². The quantitative estimate of drug-likeness (QED) is 0.872. The summed E-state index contributed by atoms with van der Waals surface area (Å²) in [7, 11) is 0. The van der Waals surface area contributed by atoms with Crippen LogP contribution in [0.25, 0.3) is 0 Å². The van der Waals surface area contributed by atoms with E-state index in [1.807, 2.05) is 12.1 Å². The van der Waals surface area contributed by atoms with Crippen LogP contribution in [0.15, 0.2) is 24.3 Å². The van der Waals surface area contributed by atoms with Crippen LogP contribution in [0.4, 0.5) is 0 Å². The summed E-state index contributed by atoms with van der Waals surface area (Å²) in [4.78, 5) is 0. The second-order valence-corrected chi connectivity index (χ2v) is 5.95. The summed E-state index contributed by atoms with van der Waals surface area (Å²) < 4.78 is 0. The van der Waals surface area contributed by atoms with Crippen LogP contribution in [0, 0.1) is 0 Å². The van der Waals surface area contributed by atoms with Crippen molar-refractivity contribution in [1.29, 1.82) is 0 Å². The van der Waals surface area contributed by atoms with E-state index in [-0.39, 0.29) is 5.41 Å². The van der Waals surface area contributed by atoms with Crippen molar-refractivity contribution in [3.05, 3.63) is 51.8 Å². The molecule has 0 spiro atoms. The molecule has 3 heteroatoms. The number of nitrogens with zero attached hydrogens (tertiary/aromatic N) is 1. The highest BCUT2D eigenvalue weighted by Crippen LogP contribution is 2.36. The molecule has 0 fully saturated rings. The van der Waals surface area contributed by atoms with Gasteiger partial charge in [-0.05, 0) is 42.5 Å². The number of aromatic nitrogens is 2. The van der Waals surface area contributed by atoms with E-state index in [2.05, 4.69) is 36.2 Å². The van der Waals surface area contributed by atoms with Crippen molar-refractivity contribution in [2.45, 2.75) is 38.5 Å². The molecule has 1 aliphatic rings. The summed E-state index contributed by atoms with van der Waals surface area (Å²) in [5.41, 5.74) is 5.13. The topological polar surface area (TPSA) is 28.7 Å². The lowest BCUT2D eigenvalue weighted by Crippen LogP contribution is -2.21. The highest BCUT2D eigenvalue weighted by molar-refractivity contribution is 6.30. The fourth-order valence-electron chi connectivity index (χ4n) is 2.84. The lowest BCUT2D eigenvalue weighted by molar-refractivity contribution is 0.604. The maximum atomic E-state index is 5.96. The first-order chi connectivity index (χ1) is 8.59. The number of benzene rings is 1. The van der Waals surface area contributed by atoms with E-state index in [0.29, 0.717) is 0 Å². The van der Waals surface area contributed by atoms with E-state index in [1.165, 1.54) is 28.9 Å². The SMILES string of the molecule is CC(C)(c1ccc(Cl)cc1)c1n[nH]c2c1CCC2. The molecule has 18 heavy (non-hydrogen) atoms. The van der Waals surface area contributed by atoms with Crippen LogP contribution in [-0.2, 0) is 18.3 Å². The Labute approximate surface area is 112 Å². The van der Waals surface area contributed by atoms with Gasteiger partial charge < -0.3 is 0 Å². The Kier molecular flexibility index (Phi) is 2.70. The van der Waals surface area contributed by atoms with E-state index in [1.54, 1.807) is 0 Å². The van der Waals surface area contributed by atoms with Crippen LogP contribution in [0.1, 0.15) is 42.8 Å². The Morgan fingerprint density at radius 2 is 1.89 bits per heavy atom. The number of nitrogens with one attached hydrogen (secondary N) is 1. The Balaban J connectivity index is 2.06.